The van der Waals surface area contributed by atoms with Gasteiger partial charge in [0.05, 0.1) is 18.0 Å². The predicted octanol–water partition coefficient (Wildman–Crippen LogP) is 3.96. The number of amides is 1. The highest BCUT2D eigenvalue weighted by Gasteiger charge is 2.37. The van der Waals surface area contributed by atoms with Gasteiger partial charge in [-0.1, -0.05) is 35.9 Å². The Morgan fingerprint density at radius 1 is 1.03 bits per heavy atom. The van der Waals surface area contributed by atoms with E-state index in [0.717, 1.165) is 11.1 Å². The smallest absolute Gasteiger partial charge is 0.254 e. The number of carbonyl (C=O) groups excluding carboxylic acids is 1. The maximum absolute atomic E-state index is 13.3. The normalized spacial score (nSPS) is 18.3. The van der Waals surface area contributed by atoms with Gasteiger partial charge in [-0.3, -0.25) is 9.00 Å². The fraction of sp³-hybridized carbons (Fsp3) is 0.296. The summed E-state index contributed by atoms with van der Waals surface area (Å²) in [6.07, 6.45) is 0.944. The number of carbonyl (C=O) groups is 1. The summed E-state index contributed by atoms with van der Waals surface area (Å²) >= 11 is 0. The van der Waals surface area contributed by atoms with E-state index < -0.39 is 10.1 Å². The number of thiol groups is 1. The SMILES string of the molecule is COC1CN(C(=O)c2cc(C)ccc2C)CC1Oc1cccc(N[SH](C)(=O)c2ccccc2O)c1. The zero-order valence-corrected chi connectivity index (χ0v) is 21.3. The van der Waals surface area contributed by atoms with Crippen LogP contribution in [0.3, 0.4) is 0 Å². The lowest BCUT2D eigenvalue weighted by Gasteiger charge is -2.24. The number of para-hydroxylation sites is 1. The average molecular weight is 497 g/mol. The molecular weight excluding hydrogens is 464 g/mol. The van der Waals surface area contributed by atoms with Gasteiger partial charge in [-0.05, 0) is 59.9 Å². The van der Waals surface area contributed by atoms with Gasteiger partial charge in [-0.2, -0.15) is 0 Å². The zero-order valence-electron chi connectivity index (χ0n) is 20.4. The Hall–Kier alpha value is -3.36. The van der Waals surface area contributed by atoms with Crippen molar-refractivity contribution in [2.75, 3.05) is 31.2 Å². The van der Waals surface area contributed by atoms with Crippen LogP contribution in [-0.4, -0.2) is 58.8 Å². The van der Waals surface area contributed by atoms with Crippen molar-refractivity contribution < 1.29 is 23.6 Å². The molecule has 0 saturated carbocycles. The van der Waals surface area contributed by atoms with E-state index in [4.69, 9.17) is 9.47 Å². The van der Waals surface area contributed by atoms with Crippen LogP contribution in [0, 0.1) is 13.8 Å². The van der Waals surface area contributed by atoms with Gasteiger partial charge < -0.3 is 24.2 Å². The Kier molecular flexibility index (Phi) is 7.14. The Morgan fingerprint density at radius 2 is 1.77 bits per heavy atom. The van der Waals surface area contributed by atoms with Gasteiger partial charge in [0.2, 0.25) is 0 Å². The molecule has 35 heavy (non-hydrogen) atoms. The van der Waals surface area contributed by atoms with Crippen LogP contribution < -0.4 is 9.46 Å². The molecule has 7 nitrogen and oxygen atoms in total. The standard InChI is InChI=1S/C27H32N2O5S/c1-18-12-13-19(2)22(14-18)27(31)29-16-24(33-3)25(17-29)34-21-9-7-8-20(15-21)28-35(4,32)26-11-6-5-10-23(26)30/h5-15,24-25,30,35H,16-17H2,1-4H3,(H,28,32). The number of likely N-dealkylation sites (tertiary alicyclic amines) is 1. The summed E-state index contributed by atoms with van der Waals surface area (Å²) in [6, 6.07) is 19.6. The maximum atomic E-state index is 13.3. The molecule has 4 rings (SSSR count). The number of hydrogen-bond donors (Lipinski definition) is 3. The summed E-state index contributed by atoms with van der Waals surface area (Å²) in [5.41, 5.74) is 3.27. The highest BCUT2D eigenvalue weighted by Crippen LogP contribution is 2.30. The molecule has 1 aliphatic heterocycles. The number of nitrogens with zero attached hydrogens (tertiary/aromatic N) is 1. The minimum absolute atomic E-state index is 0.0132. The molecule has 2 N–H and O–H groups in total. The largest absolute Gasteiger partial charge is 0.507 e. The number of ether oxygens (including phenoxy) is 2. The van der Waals surface area contributed by atoms with Crippen molar-refractivity contribution >= 4 is 21.7 Å². The molecule has 2 atom stereocenters. The molecule has 1 amide bonds. The molecule has 3 aromatic rings. The van der Waals surface area contributed by atoms with E-state index in [1.54, 1.807) is 54.7 Å². The number of aryl methyl sites for hydroxylation is 2. The first-order chi connectivity index (χ1) is 16.7. The minimum Gasteiger partial charge on any atom is -0.507 e. The number of benzene rings is 3. The molecule has 1 heterocycles. The summed E-state index contributed by atoms with van der Waals surface area (Å²) in [4.78, 5) is 15.3. The van der Waals surface area contributed by atoms with Gasteiger partial charge >= 0.3 is 0 Å². The van der Waals surface area contributed by atoms with Crippen molar-refractivity contribution in [3.63, 3.8) is 0 Å². The van der Waals surface area contributed by atoms with E-state index in [2.05, 4.69) is 4.72 Å². The molecule has 1 fully saturated rings. The van der Waals surface area contributed by atoms with E-state index in [-0.39, 0.29) is 23.9 Å². The number of phenolic OH excluding ortho intramolecular Hbond substituents is 1. The van der Waals surface area contributed by atoms with Crippen LogP contribution in [0.1, 0.15) is 21.5 Å². The quantitative estimate of drug-likeness (QED) is 0.431. The number of hydrogen-bond acceptors (Lipinski definition) is 5. The Balaban J connectivity index is 1.48. The van der Waals surface area contributed by atoms with Gasteiger partial charge in [0.1, 0.15) is 23.7 Å². The van der Waals surface area contributed by atoms with Crippen molar-refractivity contribution in [3.05, 3.63) is 83.4 Å². The average Bonchev–Trinajstić information content (AvgIpc) is 3.23. The third-order valence-corrected chi connectivity index (χ3v) is 8.22. The first-order valence-corrected chi connectivity index (χ1v) is 13.6. The molecule has 0 radical (unpaired) electrons. The fourth-order valence-electron chi connectivity index (χ4n) is 4.33. The van der Waals surface area contributed by atoms with Crippen molar-refractivity contribution in [2.24, 2.45) is 0 Å². The molecule has 8 heteroatoms. The Morgan fingerprint density at radius 3 is 2.51 bits per heavy atom. The molecular formula is C27H32N2O5S. The van der Waals surface area contributed by atoms with Gasteiger partial charge in [0, 0.05) is 30.7 Å². The van der Waals surface area contributed by atoms with E-state index in [9.17, 15) is 14.1 Å². The van der Waals surface area contributed by atoms with Crippen LogP contribution in [0.5, 0.6) is 11.5 Å². The molecule has 0 spiro atoms. The first-order valence-electron chi connectivity index (χ1n) is 11.5. The van der Waals surface area contributed by atoms with E-state index >= 15 is 0 Å². The van der Waals surface area contributed by atoms with E-state index in [1.807, 2.05) is 38.1 Å². The number of phenols is 1. The monoisotopic (exact) mass is 496 g/mol. The first kappa shape index (κ1) is 24.8. The Bertz CT molecular complexity index is 1280. The Labute approximate surface area is 207 Å². The van der Waals surface area contributed by atoms with Gasteiger partial charge in [-0.15, -0.1) is 0 Å². The molecule has 0 aromatic heterocycles. The molecule has 186 valence electrons. The topological polar surface area (TPSA) is 88.1 Å². The highest BCUT2D eigenvalue weighted by atomic mass is 32.3. The maximum Gasteiger partial charge on any atom is 0.254 e. The van der Waals surface area contributed by atoms with E-state index in [0.29, 0.717) is 35.0 Å². The number of rotatable bonds is 7. The van der Waals surface area contributed by atoms with Crippen molar-refractivity contribution in [1.29, 1.82) is 0 Å². The lowest BCUT2D eigenvalue weighted by molar-refractivity contribution is 0.0340. The van der Waals surface area contributed by atoms with Crippen LogP contribution in [-0.2, 0) is 14.9 Å². The van der Waals surface area contributed by atoms with Crippen LogP contribution in [0.15, 0.2) is 71.6 Å². The molecule has 2 unspecified atom stereocenters. The molecule has 0 bridgehead atoms. The van der Waals surface area contributed by atoms with Gasteiger partial charge in [0.15, 0.2) is 0 Å². The molecule has 3 aromatic carbocycles. The predicted molar refractivity (Wildman–Crippen MR) is 139 cm³/mol. The number of nitrogens with one attached hydrogen (secondary N) is 1. The summed E-state index contributed by atoms with van der Waals surface area (Å²) in [5.74, 6) is 0.519. The third kappa shape index (κ3) is 5.49. The number of methoxy groups -OCH3 is 1. The lowest BCUT2D eigenvalue weighted by atomic mass is 10.0. The second kappa shape index (κ2) is 10.1. The van der Waals surface area contributed by atoms with Crippen LogP contribution >= 0.6 is 0 Å². The van der Waals surface area contributed by atoms with Crippen molar-refractivity contribution in [1.82, 2.24) is 4.90 Å². The van der Waals surface area contributed by atoms with E-state index in [1.165, 1.54) is 6.07 Å². The zero-order chi connectivity index (χ0) is 25.2. The molecule has 0 aliphatic carbocycles. The molecule has 1 aliphatic rings. The fourth-order valence-corrected chi connectivity index (χ4v) is 5.97. The van der Waals surface area contributed by atoms with Crippen LogP contribution in [0.2, 0.25) is 0 Å². The van der Waals surface area contributed by atoms with Crippen molar-refractivity contribution in [2.45, 2.75) is 31.0 Å². The summed E-state index contributed by atoms with van der Waals surface area (Å²) in [7, 11) is -1.46. The molecule has 1 saturated heterocycles. The second-order valence-corrected chi connectivity index (χ2v) is 11.6. The van der Waals surface area contributed by atoms with Gasteiger partial charge in [-0.25, -0.2) is 0 Å². The highest BCUT2D eigenvalue weighted by molar-refractivity contribution is 8.03. The van der Waals surface area contributed by atoms with Crippen LogP contribution in [0.4, 0.5) is 5.69 Å². The number of anilines is 1. The summed E-state index contributed by atoms with van der Waals surface area (Å²) in [6.45, 7) is 4.74. The minimum atomic E-state index is -3.08. The number of aromatic hydroxyl groups is 1. The lowest BCUT2D eigenvalue weighted by Crippen LogP contribution is -2.32. The van der Waals surface area contributed by atoms with Crippen LogP contribution in [0.25, 0.3) is 0 Å². The third-order valence-electron chi connectivity index (χ3n) is 6.23. The summed E-state index contributed by atoms with van der Waals surface area (Å²) < 4.78 is 28.2. The second-order valence-electron chi connectivity index (χ2n) is 9.01. The summed E-state index contributed by atoms with van der Waals surface area (Å²) in [5, 5.41) is 10.1. The van der Waals surface area contributed by atoms with Crippen molar-refractivity contribution in [3.8, 4) is 11.5 Å². The van der Waals surface area contributed by atoms with Gasteiger partial charge in [0.25, 0.3) is 5.91 Å².